The SMILES string of the molecule is N#CCC1COC(Cc2ccccc2C(F)(F)F)O1. The molecule has 0 spiro atoms. The van der Waals surface area contributed by atoms with Gasteiger partial charge in [0.05, 0.1) is 30.8 Å². The number of benzene rings is 1. The van der Waals surface area contributed by atoms with Crippen LogP contribution < -0.4 is 0 Å². The number of halogens is 3. The molecule has 0 aromatic heterocycles. The summed E-state index contributed by atoms with van der Waals surface area (Å²) in [6.45, 7) is 0.242. The summed E-state index contributed by atoms with van der Waals surface area (Å²) in [6, 6.07) is 7.29. The molecule has 1 aliphatic heterocycles. The van der Waals surface area contributed by atoms with Gasteiger partial charge >= 0.3 is 6.18 Å². The van der Waals surface area contributed by atoms with Crippen LogP contribution in [0.3, 0.4) is 0 Å². The van der Waals surface area contributed by atoms with Crippen LogP contribution in [0.2, 0.25) is 0 Å². The smallest absolute Gasteiger partial charge is 0.350 e. The average Bonchev–Trinajstić information content (AvgIpc) is 2.76. The molecular formula is C13H12F3NO2. The van der Waals surface area contributed by atoms with Gasteiger partial charge in [-0.25, -0.2) is 0 Å². The van der Waals surface area contributed by atoms with Crippen LogP contribution in [-0.2, 0) is 22.1 Å². The van der Waals surface area contributed by atoms with Crippen molar-refractivity contribution < 1.29 is 22.6 Å². The largest absolute Gasteiger partial charge is 0.416 e. The van der Waals surface area contributed by atoms with Crippen LogP contribution in [0, 0.1) is 11.3 Å². The molecule has 0 amide bonds. The Morgan fingerprint density at radius 2 is 2.05 bits per heavy atom. The van der Waals surface area contributed by atoms with E-state index in [1.54, 1.807) is 6.07 Å². The highest BCUT2D eigenvalue weighted by Gasteiger charge is 2.34. The average molecular weight is 271 g/mol. The van der Waals surface area contributed by atoms with E-state index in [2.05, 4.69) is 0 Å². The Balaban J connectivity index is 2.07. The molecule has 6 heteroatoms. The first-order chi connectivity index (χ1) is 9.00. The van der Waals surface area contributed by atoms with Crippen molar-refractivity contribution in [1.29, 1.82) is 5.26 Å². The monoisotopic (exact) mass is 271 g/mol. The topological polar surface area (TPSA) is 42.2 Å². The van der Waals surface area contributed by atoms with E-state index in [9.17, 15) is 13.2 Å². The maximum Gasteiger partial charge on any atom is 0.416 e. The van der Waals surface area contributed by atoms with Crippen molar-refractivity contribution in [3.8, 4) is 6.07 Å². The predicted octanol–water partition coefficient (Wildman–Crippen LogP) is 2.90. The number of alkyl halides is 3. The molecule has 1 aromatic carbocycles. The van der Waals surface area contributed by atoms with Gasteiger partial charge in [-0.3, -0.25) is 0 Å². The Morgan fingerprint density at radius 3 is 2.74 bits per heavy atom. The second-order valence-electron chi connectivity index (χ2n) is 4.24. The molecule has 1 saturated heterocycles. The minimum absolute atomic E-state index is 0.0254. The van der Waals surface area contributed by atoms with E-state index in [4.69, 9.17) is 14.7 Å². The number of rotatable bonds is 3. The standard InChI is InChI=1S/C13H12F3NO2/c14-13(15,16)11-4-2-1-3-9(11)7-12-18-8-10(19-12)5-6-17/h1-4,10,12H,5,7-8H2. The third-order valence-electron chi connectivity index (χ3n) is 2.84. The normalized spacial score (nSPS) is 23.3. The zero-order chi connectivity index (χ0) is 13.9. The van der Waals surface area contributed by atoms with E-state index in [0.29, 0.717) is 0 Å². The van der Waals surface area contributed by atoms with Gasteiger partial charge in [-0.05, 0) is 11.6 Å². The maximum atomic E-state index is 12.8. The lowest BCUT2D eigenvalue weighted by Gasteiger charge is -2.15. The molecule has 19 heavy (non-hydrogen) atoms. The second-order valence-corrected chi connectivity index (χ2v) is 4.24. The van der Waals surface area contributed by atoms with Gasteiger partial charge in [0.2, 0.25) is 0 Å². The van der Waals surface area contributed by atoms with Crippen molar-refractivity contribution in [1.82, 2.24) is 0 Å². The van der Waals surface area contributed by atoms with E-state index in [1.165, 1.54) is 12.1 Å². The molecule has 2 atom stereocenters. The molecule has 0 saturated carbocycles. The Hall–Kier alpha value is -1.58. The fourth-order valence-corrected chi connectivity index (χ4v) is 1.98. The highest BCUT2D eigenvalue weighted by molar-refractivity contribution is 5.30. The number of hydrogen-bond donors (Lipinski definition) is 0. The molecule has 2 rings (SSSR count). The van der Waals surface area contributed by atoms with Crippen LogP contribution in [0.25, 0.3) is 0 Å². The van der Waals surface area contributed by atoms with Gasteiger partial charge in [-0.2, -0.15) is 18.4 Å². The highest BCUT2D eigenvalue weighted by atomic mass is 19.4. The molecule has 1 heterocycles. The molecule has 0 N–H and O–H groups in total. The van der Waals surface area contributed by atoms with Crippen molar-refractivity contribution in [2.75, 3.05) is 6.61 Å². The van der Waals surface area contributed by atoms with Crippen LogP contribution in [0.15, 0.2) is 24.3 Å². The molecule has 0 bridgehead atoms. The van der Waals surface area contributed by atoms with Crippen molar-refractivity contribution in [3.63, 3.8) is 0 Å². The molecule has 1 aliphatic rings. The van der Waals surface area contributed by atoms with Crippen molar-refractivity contribution >= 4 is 0 Å². The first kappa shape index (κ1) is 13.8. The Bertz CT molecular complexity index is 482. The molecule has 0 aliphatic carbocycles. The Kier molecular flexibility index (Phi) is 4.08. The van der Waals surface area contributed by atoms with Gasteiger partial charge in [0, 0.05) is 6.42 Å². The minimum Gasteiger partial charge on any atom is -0.350 e. The van der Waals surface area contributed by atoms with E-state index < -0.39 is 18.0 Å². The van der Waals surface area contributed by atoms with E-state index in [1.807, 2.05) is 6.07 Å². The summed E-state index contributed by atoms with van der Waals surface area (Å²) in [5, 5.41) is 8.52. The first-order valence-corrected chi connectivity index (χ1v) is 5.80. The minimum atomic E-state index is -4.39. The lowest BCUT2D eigenvalue weighted by atomic mass is 10.0. The summed E-state index contributed by atoms with van der Waals surface area (Å²) < 4.78 is 49.0. The molecule has 0 radical (unpaired) electrons. The van der Waals surface area contributed by atoms with Gasteiger partial charge < -0.3 is 9.47 Å². The number of nitrogens with zero attached hydrogens (tertiary/aromatic N) is 1. The summed E-state index contributed by atoms with van der Waals surface area (Å²) in [5.74, 6) is 0. The van der Waals surface area contributed by atoms with Crippen LogP contribution in [0.4, 0.5) is 13.2 Å². The third kappa shape index (κ3) is 3.46. The number of hydrogen-bond acceptors (Lipinski definition) is 3. The van der Waals surface area contributed by atoms with Crippen molar-refractivity contribution in [2.24, 2.45) is 0 Å². The van der Waals surface area contributed by atoms with Gasteiger partial charge in [0.25, 0.3) is 0 Å². The molecule has 102 valence electrons. The quantitative estimate of drug-likeness (QED) is 0.848. The second kappa shape index (κ2) is 5.59. The number of ether oxygens (including phenoxy) is 2. The third-order valence-corrected chi connectivity index (χ3v) is 2.84. The Labute approximate surface area is 108 Å². The molecular weight excluding hydrogens is 259 g/mol. The summed E-state index contributed by atoms with van der Waals surface area (Å²) in [4.78, 5) is 0. The molecule has 3 nitrogen and oxygen atoms in total. The van der Waals surface area contributed by atoms with Gasteiger partial charge in [0.15, 0.2) is 6.29 Å². The maximum absolute atomic E-state index is 12.8. The summed E-state index contributed by atoms with van der Waals surface area (Å²) in [5.41, 5.74) is -0.538. The zero-order valence-electron chi connectivity index (χ0n) is 9.98. The van der Waals surface area contributed by atoms with Crippen LogP contribution in [0.1, 0.15) is 17.5 Å². The van der Waals surface area contributed by atoms with Crippen molar-refractivity contribution in [2.45, 2.75) is 31.4 Å². The van der Waals surface area contributed by atoms with Gasteiger partial charge in [-0.1, -0.05) is 18.2 Å². The van der Waals surface area contributed by atoms with Gasteiger partial charge in [0.1, 0.15) is 0 Å². The van der Waals surface area contributed by atoms with Gasteiger partial charge in [-0.15, -0.1) is 0 Å². The summed E-state index contributed by atoms with van der Waals surface area (Å²) >= 11 is 0. The highest BCUT2D eigenvalue weighted by Crippen LogP contribution is 2.33. The van der Waals surface area contributed by atoms with E-state index in [0.717, 1.165) is 6.07 Å². The zero-order valence-corrected chi connectivity index (χ0v) is 9.98. The fraction of sp³-hybridized carbons (Fsp3) is 0.462. The first-order valence-electron chi connectivity index (χ1n) is 5.80. The fourth-order valence-electron chi connectivity index (χ4n) is 1.98. The molecule has 2 unspecified atom stereocenters. The predicted molar refractivity (Wildman–Crippen MR) is 60.0 cm³/mol. The van der Waals surface area contributed by atoms with Crippen molar-refractivity contribution in [3.05, 3.63) is 35.4 Å². The summed E-state index contributed by atoms with van der Waals surface area (Å²) in [7, 11) is 0. The van der Waals surface area contributed by atoms with Crippen LogP contribution >= 0.6 is 0 Å². The van der Waals surface area contributed by atoms with E-state index in [-0.39, 0.29) is 31.1 Å². The van der Waals surface area contributed by atoms with Crippen LogP contribution in [0.5, 0.6) is 0 Å². The van der Waals surface area contributed by atoms with Crippen LogP contribution in [-0.4, -0.2) is 19.0 Å². The lowest BCUT2D eigenvalue weighted by molar-refractivity contribution is -0.138. The lowest BCUT2D eigenvalue weighted by Crippen LogP contribution is -2.17. The van der Waals surface area contributed by atoms with E-state index >= 15 is 0 Å². The number of nitriles is 1. The molecule has 1 fully saturated rings. The molecule has 1 aromatic rings. The summed E-state index contributed by atoms with van der Waals surface area (Å²) in [6.07, 6.45) is -5.26. The Morgan fingerprint density at radius 1 is 1.32 bits per heavy atom.